The summed E-state index contributed by atoms with van der Waals surface area (Å²) >= 11 is 0. The summed E-state index contributed by atoms with van der Waals surface area (Å²) < 4.78 is 9.67. The Bertz CT molecular complexity index is 1250. The molecular formula is C23H24N6O2. The number of benzene rings is 1. The van der Waals surface area contributed by atoms with Crippen LogP contribution in [0.3, 0.4) is 0 Å². The summed E-state index contributed by atoms with van der Waals surface area (Å²) in [5.41, 5.74) is 4.09. The normalized spacial score (nSPS) is 23.3. The Morgan fingerprint density at radius 1 is 1.06 bits per heavy atom. The lowest BCUT2D eigenvalue weighted by Crippen LogP contribution is -2.54. The van der Waals surface area contributed by atoms with Crippen molar-refractivity contribution >= 4 is 11.0 Å². The van der Waals surface area contributed by atoms with Crippen LogP contribution in [0.1, 0.15) is 18.9 Å². The maximum absolute atomic E-state index is 10.7. The summed E-state index contributed by atoms with van der Waals surface area (Å²) in [7, 11) is 1.87. The smallest absolute Gasteiger partial charge is 0.162 e. The van der Waals surface area contributed by atoms with Gasteiger partial charge in [0.1, 0.15) is 5.75 Å². The number of nitrogens with one attached hydrogen (secondary N) is 1. The van der Waals surface area contributed by atoms with Crippen LogP contribution in [0.4, 0.5) is 0 Å². The lowest BCUT2D eigenvalue weighted by Gasteiger charge is -2.40. The highest BCUT2D eigenvalue weighted by molar-refractivity contribution is 5.82. The lowest BCUT2D eigenvalue weighted by atomic mass is 9.92. The second kappa shape index (κ2) is 7.18. The van der Waals surface area contributed by atoms with E-state index in [0.717, 1.165) is 48.2 Å². The summed E-state index contributed by atoms with van der Waals surface area (Å²) in [6, 6.07) is 10.9. The molecule has 8 nitrogen and oxygen atoms in total. The number of morpholine rings is 1. The molecule has 3 aromatic heterocycles. The van der Waals surface area contributed by atoms with E-state index in [9.17, 15) is 5.11 Å². The first-order valence-electron chi connectivity index (χ1n) is 10.6. The summed E-state index contributed by atoms with van der Waals surface area (Å²) in [5, 5.41) is 28.5. The van der Waals surface area contributed by atoms with Crippen molar-refractivity contribution in [1.29, 1.82) is 0 Å². The number of fused-ring (bicyclic) bond motifs is 3. The molecule has 8 heteroatoms. The van der Waals surface area contributed by atoms with Crippen molar-refractivity contribution in [2.24, 2.45) is 7.05 Å². The van der Waals surface area contributed by atoms with Crippen LogP contribution in [-0.4, -0.2) is 54.9 Å². The fourth-order valence-electron chi connectivity index (χ4n) is 4.91. The summed E-state index contributed by atoms with van der Waals surface area (Å²) in [4.78, 5) is 0. The van der Waals surface area contributed by atoms with Gasteiger partial charge in [-0.05, 0) is 42.7 Å². The molecule has 0 saturated carbocycles. The summed E-state index contributed by atoms with van der Waals surface area (Å²) in [6.07, 6.45) is 7.87. The molecule has 3 atom stereocenters. The van der Waals surface area contributed by atoms with Crippen LogP contribution in [0.25, 0.3) is 33.4 Å². The predicted octanol–water partition coefficient (Wildman–Crippen LogP) is 2.90. The predicted molar refractivity (Wildman–Crippen MR) is 117 cm³/mol. The Labute approximate surface area is 179 Å². The molecule has 0 unspecified atom stereocenters. The second-order valence-corrected chi connectivity index (χ2v) is 8.59. The van der Waals surface area contributed by atoms with Crippen LogP contribution >= 0.6 is 0 Å². The molecule has 2 N–H and O–H groups in total. The molecule has 2 bridgehead atoms. The van der Waals surface area contributed by atoms with Crippen molar-refractivity contribution < 1.29 is 9.84 Å². The average Bonchev–Trinajstić information content (AvgIpc) is 3.39. The monoisotopic (exact) mass is 416 g/mol. The van der Waals surface area contributed by atoms with E-state index < -0.39 is 0 Å². The number of aromatic hydroxyl groups is 1. The second-order valence-electron chi connectivity index (χ2n) is 8.59. The van der Waals surface area contributed by atoms with Gasteiger partial charge >= 0.3 is 0 Å². The molecule has 2 aliphatic rings. The van der Waals surface area contributed by atoms with E-state index >= 15 is 0 Å². The number of phenols is 1. The Kier molecular flexibility index (Phi) is 4.29. The largest absolute Gasteiger partial charge is 0.507 e. The first kappa shape index (κ1) is 18.5. The lowest BCUT2D eigenvalue weighted by molar-refractivity contribution is 0.0106. The maximum atomic E-state index is 10.7. The van der Waals surface area contributed by atoms with Gasteiger partial charge in [-0.1, -0.05) is 6.07 Å². The van der Waals surface area contributed by atoms with E-state index in [2.05, 4.69) is 37.4 Å². The maximum Gasteiger partial charge on any atom is 0.162 e. The van der Waals surface area contributed by atoms with Crippen LogP contribution in [0.5, 0.6) is 5.75 Å². The number of hydrogen-bond acceptors (Lipinski definition) is 6. The third-order valence-electron chi connectivity index (χ3n) is 6.39. The van der Waals surface area contributed by atoms with E-state index in [1.807, 2.05) is 31.4 Å². The molecule has 158 valence electrons. The van der Waals surface area contributed by atoms with Crippen molar-refractivity contribution in [2.75, 3.05) is 13.2 Å². The molecule has 5 heterocycles. The molecule has 0 spiro atoms. The quantitative estimate of drug-likeness (QED) is 0.534. The molecule has 6 rings (SSSR count). The highest BCUT2D eigenvalue weighted by Crippen LogP contribution is 2.35. The Morgan fingerprint density at radius 3 is 2.65 bits per heavy atom. The molecule has 2 aliphatic heterocycles. The van der Waals surface area contributed by atoms with Crippen LogP contribution in [-0.2, 0) is 11.8 Å². The van der Waals surface area contributed by atoms with E-state index in [1.54, 1.807) is 16.9 Å². The highest BCUT2D eigenvalue weighted by atomic mass is 16.5. The minimum absolute atomic E-state index is 0.181. The first-order chi connectivity index (χ1) is 15.1. The van der Waals surface area contributed by atoms with Gasteiger partial charge in [0.25, 0.3) is 0 Å². The molecule has 0 radical (unpaired) electrons. The van der Waals surface area contributed by atoms with Crippen molar-refractivity contribution in [3.05, 3.63) is 48.9 Å². The molecule has 2 saturated heterocycles. The highest BCUT2D eigenvalue weighted by Gasteiger charge is 2.33. The standard InChI is InChI=1S/C23H24N6O2/c1-28-11-16(10-24-28)14-2-3-20(22(30)7-14)21-6-15-4-5-29(23(15)27-26-21)19-8-17-12-31-13-18(9-19)25-17/h2-7,10-11,17-19,25,30H,8-9,12-13H2,1H3/t17-,18+,19+. The number of piperidine rings is 1. The van der Waals surface area contributed by atoms with Gasteiger partial charge in [-0.25, -0.2) is 0 Å². The zero-order valence-electron chi connectivity index (χ0n) is 17.3. The Balaban J connectivity index is 1.31. The van der Waals surface area contributed by atoms with E-state index in [-0.39, 0.29) is 5.75 Å². The van der Waals surface area contributed by atoms with Crippen molar-refractivity contribution in [3.63, 3.8) is 0 Å². The van der Waals surface area contributed by atoms with Crippen molar-refractivity contribution in [2.45, 2.75) is 31.0 Å². The number of aromatic nitrogens is 5. The number of ether oxygens (including phenoxy) is 1. The van der Waals surface area contributed by atoms with E-state index in [0.29, 0.717) is 29.4 Å². The third-order valence-corrected chi connectivity index (χ3v) is 6.39. The number of phenolic OH excluding ortho intramolecular Hbond substituents is 1. The zero-order chi connectivity index (χ0) is 20.9. The minimum Gasteiger partial charge on any atom is -0.507 e. The van der Waals surface area contributed by atoms with Crippen LogP contribution in [0.15, 0.2) is 48.9 Å². The van der Waals surface area contributed by atoms with E-state index in [4.69, 9.17) is 4.74 Å². The van der Waals surface area contributed by atoms with Gasteiger partial charge in [0.2, 0.25) is 0 Å². The molecule has 0 aliphatic carbocycles. The van der Waals surface area contributed by atoms with Crippen molar-refractivity contribution in [1.82, 2.24) is 29.9 Å². The molecule has 4 aromatic rings. The molecule has 0 amide bonds. The molecule has 31 heavy (non-hydrogen) atoms. The Morgan fingerprint density at radius 2 is 1.90 bits per heavy atom. The minimum atomic E-state index is 0.181. The van der Waals surface area contributed by atoms with Gasteiger partial charge in [-0.3, -0.25) is 4.68 Å². The van der Waals surface area contributed by atoms with Crippen LogP contribution < -0.4 is 5.32 Å². The van der Waals surface area contributed by atoms with Gasteiger partial charge in [-0.2, -0.15) is 5.10 Å². The number of aryl methyl sites for hydroxylation is 1. The van der Waals surface area contributed by atoms with Gasteiger partial charge in [-0.15, -0.1) is 10.2 Å². The summed E-state index contributed by atoms with van der Waals surface area (Å²) in [6.45, 7) is 1.55. The Hall–Kier alpha value is -3.23. The van der Waals surface area contributed by atoms with Gasteiger partial charge in [0.15, 0.2) is 5.65 Å². The molecule has 2 fully saturated rings. The first-order valence-corrected chi connectivity index (χ1v) is 10.6. The SMILES string of the molecule is Cn1cc(-c2ccc(-c3cc4ccn([C@@H]5C[C@H]6COC[C@@H](C5)N6)c4nn3)c(O)c2)cn1. The fourth-order valence-corrected chi connectivity index (χ4v) is 4.91. The van der Waals surface area contributed by atoms with Gasteiger partial charge in [0.05, 0.1) is 25.1 Å². The van der Waals surface area contributed by atoms with Crippen LogP contribution in [0.2, 0.25) is 0 Å². The number of nitrogens with zero attached hydrogens (tertiary/aromatic N) is 5. The van der Waals surface area contributed by atoms with Gasteiger partial charge < -0.3 is 19.7 Å². The average molecular weight is 416 g/mol. The molecule has 1 aromatic carbocycles. The number of hydrogen-bond donors (Lipinski definition) is 2. The summed E-state index contributed by atoms with van der Waals surface area (Å²) in [5.74, 6) is 0.181. The fraction of sp³-hybridized carbons (Fsp3) is 0.348. The van der Waals surface area contributed by atoms with Gasteiger partial charge in [0, 0.05) is 54.1 Å². The third kappa shape index (κ3) is 3.28. The number of rotatable bonds is 3. The zero-order valence-corrected chi connectivity index (χ0v) is 17.3. The van der Waals surface area contributed by atoms with Crippen molar-refractivity contribution in [3.8, 4) is 28.1 Å². The topological polar surface area (TPSA) is 90.0 Å². The van der Waals surface area contributed by atoms with E-state index in [1.165, 1.54) is 0 Å². The molecular weight excluding hydrogens is 392 g/mol. The van der Waals surface area contributed by atoms with Crippen LogP contribution in [0, 0.1) is 0 Å².